The van der Waals surface area contributed by atoms with Gasteiger partial charge >= 0.3 is 5.97 Å². The van der Waals surface area contributed by atoms with Gasteiger partial charge in [0.2, 0.25) is 0 Å². The van der Waals surface area contributed by atoms with E-state index in [0.717, 1.165) is 5.75 Å². The molecule has 7 heteroatoms. The summed E-state index contributed by atoms with van der Waals surface area (Å²) in [6.45, 7) is 2.77. The zero-order valence-corrected chi connectivity index (χ0v) is 11.6. The number of benzene rings is 1. The molecule has 6 nitrogen and oxygen atoms in total. The number of hydrogen-bond acceptors (Lipinski definition) is 5. The number of rotatable bonds is 7. The maximum Gasteiger partial charge on any atom is 0.342 e. The van der Waals surface area contributed by atoms with Gasteiger partial charge in [0.05, 0.1) is 4.92 Å². The summed E-state index contributed by atoms with van der Waals surface area (Å²) in [6.07, 6.45) is 2.02. The highest BCUT2D eigenvalue weighted by molar-refractivity contribution is 7.98. The summed E-state index contributed by atoms with van der Waals surface area (Å²) in [5, 5.41) is 22.8. The largest absolute Gasteiger partial charge is 0.477 e. The van der Waals surface area contributed by atoms with E-state index in [0.29, 0.717) is 18.2 Å². The first-order valence-electron chi connectivity index (χ1n) is 5.70. The van der Waals surface area contributed by atoms with Crippen molar-refractivity contribution in [2.45, 2.75) is 6.92 Å². The minimum atomic E-state index is -1.30. The van der Waals surface area contributed by atoms with Crippen LogP contribution in [-0.4, -0.2) is 34.6 Å². The Morgan fingerprint density at radius 1 is 1.58 bits per heavy atom. The lowest BCUT2D eigenvalue weighted by atomic mass is 10.1. The van der Waals surface area contributed by atoms with Crippen LogP contribution in [0.5, 0.6) is 0 Å². The molecule has 0 fully saturated rings. The SMILES string of the molecule is CSCC(C)CNc1ccc([N+](=O)[O-])c(C(=O)O)c1. The van der Waals surface area contributed by atoms with Crippen LogP contribution in [0.15, 0.2) is 18.2 Å². The van der Waals surface area contributed by atoms with Crippen molar-refractivity contribution in [3.8, 4) is 0 Å². The van der Waals surface area contributed by atoms with Gasteiger partial charge in [0.25, 0.3) is 5.69 Å². The first-order chi connectivity index (χ1) is 8.95. The summed E-state index contributed by atoms with van der Waals surface area (Å²) in [6, 6.07) is 4.04. The summed E-state index contributed by atoms with van der Waals surface area (Å²) < 4.78 is 0. The van der Waals surface area contributed by atoms with Gasteiger partial charge in [-0.2, -0.15) is 11.8 Å². The Hall–Kier alpha value is -1.76. The lowest BCUT2D eigenvalue weighted by Crippen LogP contribution is -2.14. The zero-order valence-electron chi connectivity index (χ0n) is 10.8. The maximum absolute atomic E-state index is 11.0. The minimum absolute atomic E-state index is 0.299. The van der Waals surface area contributed by atoms with Crippen LogP contribution in [0.2, 0.25) is 0 Å². The van der Waals surface area contributed by atoms with Crippen molar-refractivity contribution >= 4 is 29.1 Å². The third-order valence-corrected chi connectivity index (χ3v) is 3.43. The number of anilines is 1. The molecule has 0 amide bonds. The van der Waals surface area contributed by atoms with E-state index in [1.807, 2.05) is 6.26 Å². The topological polar surface area (TPSA) is 92.5 Å². The Bertz CT molecular complexity index is 479. The van der Waals surface area contributed by atoms with Crippen molar-refractivity contribution in [1.82, 2.24) is 0 Å². The molecule has 0 aliphatic heterocycles. The van der Waals surface area contributed by atoms with E-state index in [1.165, 1.54) is 18.2 Å². The number of nitrogens with zero attached hydrogens (tertiary/aromatic N) is 1. The molecule has 19 heavy (non-hydrogen) atoms. The average Bonchev–Trinajstić information content (AvgIpc) is 2.36. The first-order valence-corrected chi connectivity index (χ1v) is 7.09. The number of thioether (sulfide) groups is 1. The van der Waals surface area contributed by atoms with Crippen molar-refractivity contribution < 1.29 is 14.8 Å². The molecule has 0 bridgehead atoms. The summed E-state index contributed by atoms with van der Waals surface area (Å²) in [5.74, 6) is 0.122. The molecule has 1 rings (SSSR count). The molecule has 1 aromatic rings. The number of nitrogens with one attached hydrogen (secondary N) is 1. The molecule has 0 radical (unpaired) electrons. The monoisotopic (exact) mass is 284 g/mol. The molecule has 1 unspecified atom stereocenters. The second-order valence-electron chi connectivity index (χ2n) is 4.24. The molecule has 104 valence electrons. The van der Waals surface area contributed by atoms with Gasteiger partial charge in [-0.15, -0.1) is 0 Å². The second kappa shape index (κ2) is 6.98. The molecule has 1 aromatic carbocycles. The second-order valence-corrected chi connectivity index (χ2v) is 5.15. The highest BCUT2D eigenvalue weighted by atomic mass is 32.2. The molecule has 0 saturated carbocycles. The van der Waals surface area contributed by atoms with Crippen LogP contribution < -0.4 is 5.32 Å². The Kier molecular flexibility index (Phi) is 5.62. The first kappa shape index (κ1) is 15.3. The van der Waals surface area contributed by atoms with Gasteiger partial charge in [-0.3, -0.25) is 10.1 Å². The Morgan fingerprint density at radius 2 is 2.26 bits per heavy atom. The summed E-state index contributed by atoms with van der Waals surface area (Å²) in [5.41, 5.74) is -0.112. The summed E-state index contributed by atoms with van der Waals surface area (Å²) >= 11 is 1.74. The van der Waals surface area contributed by atoms with E-state index in [9.17, 15) is 14.9 Å². The van der Waals surface area contributed by atoms with E-state index < -0.39 is 16.6 Å². The number of carbonyl (C=O) groups is 1. The van der Waals surface area contributed by atoms with Gasteiger partial charge in [0.1, 0.15) is 5.56 Å². The molecular weight excluding hydrogens is 268 g/mol. The van der Waals surface area contributed by atoms with Crippen molar-refractivity contribution in [2.24, 2.45) is 5.92 Å². The molecule has 0 saturated heterocycles. The highest BCUT2D eigenvalue weighted by Gasteiger charge is 2.19. The predicted molar refractivity (Wildman–Crippen MR) is 76.1 cm³/mol. The van der Waals surface area contributed by atoms with E-state index in [2.05, 4.69) is 12.2 Å². The number of nitro groups is 1. The Balaban J connectivity index is 2.84. The average molecular weight is 284 g/mol. The molecule has 0 aliphatic carbocycles. The molecule has 2 N–H and O–H groups in total. The lowest BCUT2D eigenvalue weighted by molar-refractivity contribution is -0.385. The lowest BCUT2D eigenvalue weighted by Gasteiger charge is -2.12. The van der Waals surface area contributed by atoms with E-state index in [-0.39, 0.29) is 5.56 Å². The Labute approximate surface area is 115 Å². The third-order valence-electron chi connectivity index (χ3n) is 2.53. The van der Waals surface area contributed by atoms with Crippen LogP contribution in [0.1, 0.15) is 17.3 Å². The van der Waals surface area contributed by atoms with Gasteiger partial charge < -0.3 is 10.4 Å². The van der Waals surface area contributed by atoms with Gasteiger partial charge in [0.15, 0.2) is 0 Å². The van der Waals surface area contributed by atoms with E-state index in [4.69, 9.17) is 5.11 Å². The molecule has 0 spiro atoms. The summed E-state index contributed by atoms with van der Waals surface area (Å²) in [4.78, 5) is 21.0. The standard InChI is InChI=1S/C12H16N2O4S/c1-8(7-19-2)6-13-9-3-4-11(14(17)18)10(5-9)12(15)16/h3-5,8,13H,6-7H2,1-2H3,(H,15,16). The predicted octanol–water partition coefficient (Wildman–Crippen LogP) is 2.70. The van der Waals surface area contributed by atoms with Gasteiger partial charge in [-0.05, 0) is 30.1 Å². The quantitative estimate of drug-likeness (QED) is 0.590. The van der Waals surface area contributed by atoms with Crippen LogP contribution >= 0.6 is 11.8 Å². The third kappa shape index (κ3) is 4.44. The number of carboxylic acid groups (broad SMARTS) is 1. The van der Waals surface area contributed by atoms with E-state index >= 15 is 0 Å². The number of aromatic carboxylic acids is 1. The highest BCUT2D eigenvalue weighted by Crippen LogP contribution is 2.23. The molecule has 0 aromatic heterocycles. The normalized spacial score (nSPS) is 11.9. The molecule has 1 atom stereocenters. The van der Waals surface area contributed by atoms with Crippen LogP contribution in [-0.2, 0) is 0 Å². The van der Waals surface area contributed by atoms with Crippen LogP contribution in [0.3, 0.4) is 0 Å². The molecular formula is C12H16N2O4S. The van der Waals surface area contributed by atoms with Crippen molar-refractivity contribution in [1.29, 1.82) is 0 Å². The molecule has 0 aliphatic rings. The fourth-order valence-corrected chi connectivity index (χ4v) is 2.30. The molecule has 0 heterocycles. The zero-order chi connectivity index (χ0) is 14.4. The van der Waals surface area contributed by atoms with Crippen LogP contribution in [0.4, 0.5) is 11.4 Å². The fourth-order valence-electron chi connectivity index (χ4n) is 1.61. The Morgan fingerprint density at radius 3 is 2.79 bits per heavy atom. The van der Waals surface area contributed by atoms with Gasteiger partial charge in [-0.25, -0.2) is 4.79 Å². The number of hydrogen-bond donors (Lipinski definition) is 2. The van der Waals surface area contributed by atoms with Gasteiger partial charge in [-0.1, -0.05) is 6.92 Å². The van der Waals surface area contributed by atoms with Crippen molar-refractivity contribution in [3.05, 3.63) is 33.9 Å². The smallest absolute Gasteiger partial charge is 0.342 e. The number of nitro benzene ring substituents is 1. The van der Waals surface area contributed by atoms with E-state index in [1.54, 1.807) is 11.8 Å². The summed E-state index contributed by atoms with van der Waals surface area (Å²) in [7, 11) is 0. The van der Waals surface area contributed by atoms with Crippen LogP contribution in [0, 0.1) is 16.0 Å². The van der Waals surface area contributed by atoms with Gasteiger partial charge in [0, 0.05) is 18.3 Å². The minimum Gasteiger partial charge on any atom is -0.477 e. The van der Waals surface area contributed by atoms with Crippen LogP contribution in [0.25, 0.3) is 0 Å². The maximum atomic E-state index is 11.0. The fraction of sp³-hybridized carbons (Fsp3) is 0.417. The number of carboxylic acids is 1. The van der Waals surface area contributed by atoms with Crippen molar-refractivity contribution in [3.63, 3.8) is 0 Å². The van der Waals surface area contributed by atoms with Crippen molar-refractivity contribution in [2.75, 3.05) is 23.9 Å².